The van der Waals surface area contributed by atoms with Crippen molar-refractivity contribution in [2.45, 2.75) is 17.4 Å². The molecule has 0 aliphatic rings. The Bertz CT molecular complexity index is 535. The molecule has 0 aliphatic carbocycles. The summed E-state index contributed by atoms with van der Waals surface area (Å²) >= 11 is 7.27. The maximum absolute atomic E-state index is 12.9. The van der Waals surface area contributed by atoms with Gasteiger partial charge >= 0.3 is 0 Å². The lowest BCUT2D eigenvalue weighted by atomic mass is 10.2. The van der Waals surface area contributed by atoms with Crippen molar-refractivity contribution in [2.75, 3.05) is 6.54 Å². The smallest absolute Gasteiger partial charge is 0.276 e. The SMILES string of the molecule is NCCc1nnc(SCc2ccc(F)cc2Cl)o1. The van der Waals surface area contributed by atoms with Crippen molar-refractivity contribution in [3.63, 3.8) is 0 Å². The van der Waals surface area contributed by atoms with Crippen LogP contribution in [0.15, 0.2) is 27.8 Å². The fourth-order valence-electron chi connectivity index (χ4n) is 1.30. The van der Waals surface area contributed by atoms with Gasteiger partial charge in [0.25, 0.3) is 5.22 Å². The molecular formula is C11H11ClFN3OS. The zero-order chi connectivity index (χ0) is 13.0. The van der Waals surface area contributed by atoms with Crippen LogP contribution in [0.1, 0.15) is 11.5 Å². The Morgan fingerprint density at radius 2 is 2.22 bits per heavy atom. The van der Waals surface area contributed by atoms with E-state index in [2.05, 4.69) is 10.2 Å². The number of benzene rings is 1. The van der Waals surface area contributed by atoms with Gasteiger partial charge < -0.3 is 10.2 Å². The minimum Gasteiger partial charge on any atom is -0.416 e. The van der Waals surface area contributed by atoms with Gasteiger partial charge in [0.05, 0.1) is 0 Å². The molecule has 18 heavy (non-hydrogen) atoms. The summed E-state index contributed by atoms with van der Waals surface area (Å²) in [5, 5.41) is 8.56. The van der Waals surface area contributed by atoms with E-state index < -0.39 is 0 Å². The normalized spacial score (nSPS) is 10.8. The quantitative estimate of drug-likeness (QED) is 0.857. The Morgan fingerprint density at radius 3 is 2.94 bits per heavy atom. The largest absolute Gasteiger partial charge is 0.416 e. The lowest BCUT2D eigenvalue weighted by molar-refractivity contribution is 0.414. The van der Waals surface area contributed by atoms with Crippen LogP contribution in [0.25, 0.3) is 0 Å². The molecule has 0 saturated carbocycles. The van der Waals surface area contributed by atoms with Gasteiger partial charge in [0, 0.05) is 23.7 Å². The van der Waals surface area contributed by atoms with Gasteiger partial charge in [-0.15, -0.1) is 10.2 Å². The Morgan fingerprint density at radius 1 is 1.39 bits per heavy atom. The Hall–Kier alpha value is -1.11. The molecule has 1 aromatic heterocycles. The van der Waals surface area contributed by atoms with Gasteiger partial charge in [-0.1, -0.05) is 29.4 Å². The molecule has 0 atom stereocenters. The van der Waals surface area contributed by atoms with Gasteiger partial charge in [0.15, 0.2) is 0 Å². The van der Waals surface area contributed by atoms with Crippen LogP contribution in [0.3, 0.4) is 0 Å². The summed E-state index contributed by atoms with van der Waals surface area (Å²) in [7, 11) is 0. The van der Waals surface area contributed by atoms with Gasteiger partial charge in [-0.25, -0.2) is 4.39 Å². The van der Waals surface area contributed by atoms with E-state index in [-0.39, 0.29) is 5.82 Å². The van der Waals surface area contributed by atoms with Crippen molar-refractivity contribution >= 4 is 23.4 Å². The molecule has 96 valence electrons. The van der Waals surface area contributed by atoms with E-state index in [4.69, 9.17) is 21.8 Å². The third-order valence-corrected chi connectivity index (χ3v) is 3.39. The van der Waals surface area contributed by atoms with Gasteiger partial charge in [-0.05, 0) is 17.7 Å². The summed E-state index contributed by atoms with van der Waals surface area (Å²) in [5.74, 6) is 0.714. The second-order valence-corrected chi connectivity index (χ2v) is 4.86. The third kappa shape index (κ3) is 3.44. The minimum atomic E-state index is -0.350. The van der Waals surface area contributed by atoms with Crippen molar-refractivity contribution in [3.8, 4) is 0 Å². The molecule has 2 rings (SSSR count). The van der Waals surface area contributed by atoms with E-state index in [1.165, 1.54) is 23.9 Å². The van der Waals surface area contributed by atoms with Crippen molar-refractivity contribution in [1.29, 1.82) is 0 Å². The number of aromatic nitrogens is 2. The number of hydrogen-bond acceptors (Lipinski definition) is 5. The maximum Gasteiger partial charge on any atom is 0.276 e. The molecule has 0 amide bonds. The molecule has 2 aromatic rings. The second kappa shape index (κ2) is 6.17. The van der Waals surface area contributed by atoms with Crippen LogP contribution in [0, 0.1) is 5.82 Å². The molecule has 2 N–H and O–H groups in total. The van der Waals surface area contributed by atoms with Crippen LogP contribution in [0.4, 0.5) is 4.39 Å². The predicted octanol–water partition coefficient (Wildman–Crippen LogP) is 2.66. The molecule has 0 spiro atoms. The van der Waals surface area contributed by atoms with Gasteiger partial charge in [-0.2, -0.15) is 0 Å². The van der Waals surface area contributed by atoms with Crippen molar-refractivity contribution in [2.24, 2.45) is 5.73 Å². The molecule has 1 aromatic carbocycles. The summed E-state index contributed by atoms with van der Waals surface area (Å²) in [6.07, 6.45) is 0.560. The number of rotatable bonds is 5. The summed E-state index contributed by atoms with van der Waals surface area (Å²) < 4.78 is 18.2. The molecular weight excluding hydrogens is 277 g/mol. The Labute approximate surface area is 113 Å². The fourth-order valence-corrected chi connectivity index (χ4v) is 2.40. The molecule has 0 bridgehead atoms. The van der Waals surface area contributed by atoms with E-state index >= 15 is 0 Å². The maximum atomic E-state index is 12.9. The number of halogens is 2. The van der Waals surface area contributed by atoms with E-state index in [0.717, 1.165) is 5.56 Å². The van der Waals surface area contributed by atoms with Crippen LogP contribution in [0.5, 0.6) is 0 Å². The van der Waals surface area contributed by atoms with Crippen molar-refractivity contribution in [3.05, 3.63) is 40.5 Å². The van der Waals surface area contributed by atoms with E-state index in [1.807, 2.05) is 0 Å². The highest BCUT2D eigenvalue weighted by Gasteiger charge is 2.08. The monoisotopic (exact) mass is 287 g/mol. The zero-order valence-corrected chi connectivity index (χ0v) is 11.0. The third-order valence-electron chi connectivity index (χ3n) is 2.17. The number of hydrogen-bond donors (Lipinski definition) is 1. The number of thioether (sulfide) groups is 1. The second-order valence-electron chi connectivity index (χ2n) is 3.52. The van der Waals surface area contributed by atoms with Crippen LogP contribution in [-0.2, 0) is 12.2 Å². The molecule has 0 saturated heterocycles. The first-order valence-corrected chi connectivity index (χ1v) is 6.64. The lowest BCUT2D eigenvalue weighted by Crippen LogP contribution is -2.02. The van der Waals surface area contributed by atoms with Crippen LogP contribution in [0.2, 0.25) is 5.02 Å². The summed E-state index contributed by atoms with van der Waals surface area (Å²) in [6, 6.07) is 4.29. The predicted molar refractivity (Wildman–Crippen MR) is 68.0 cm³/mol. The Balaban J connectivity index is 1.97. The minimum absolute atomic E-state index is 0.350. The fraction of sp³-hybridized carbons (Fsp3) is 0.273. The average molecular weight is 288 g/mol. The molecule has 0 radical (unpaired) electrons. The number of nitrogens with zero attached hydrogens (tertiary/aromatic N) is 2. The zero-order valence-electron chi connectivity index (χ0n) is 9.40. The first kappa shape index (κ1) is 13.3. The molecule has 1 heterocycles. The molecule has 0 unspecified atom stereocenters. The lowest BCUT2D eigenvalue weighted by Gasteiger charge is -2.01. The average Bonchev–Trinajstić information content (AvgIpc) is 2.76. The van der Waals surface area contributed by atoms with E-state index in [1.54, 1.807) is 6.07 Å². The molecule has 0 fully saturated rings. The summed E-state index contributed by atoms with van der Waals surface area (Å²) in [6.45, 7) is 0.468. The van der Waals surface area contributed by atoms with E-state index in [9.17, 15) is 4.39 Å². The topological polar surface area (TPSA) is 64.9 Å². The highest BCUT2D eigenvalue weighted by Crippen LogP contribution is 2.26. The first-order valence-electron chi connectivity index (χ1n) is 5.28. The highest BCUT2D eigenvalue weighted by atomic mass is 35.5. The summed E-state index contributed by atoms with van der Waals surface area (Å²) in [4.78, 5) is 0. The van der Waals surface area contributed by atoms with Crippen LogP contribution in [-0.4, -0.2) is 16.7 Å². The molecule has 7 heteroatoms. The highest BCUT2D eigenvalue weighted by molar-refractivity contribution is 7.98. The van der Waals surface area contributed by atoms with Crippen molar-refractivity contribution in [1.82, 2.24) is 10.2 Å². The van der Waals surface area contributed by atoms with Gasteiger partial charge in [-0.3, -0.25) is 0 Å². The van der Waals surface area contributed by atoms with Crippen LogP contribution >= 0.6 is 23.4 Å². The molecule has 4 nitrogen and oxygen atoms in total. The van der Waals surface area contributed by atoms with E-state index in [0.29, 0.717) is 34.9 Å². The molecule has 0 aliphatic heterocycles. The Kier molecular flexibility index (Phi) is 4.57. The van der Waals surface area contributed by atoms with Gasteiger partial charge in [0.1, 0.15) is 5.82 Å². The van der Waals surface area contributed by atoms with Gasteiger partial charge in [0.2, 0.25) is 5.89 Å². The summed E-state index contributed by atoms with van der Waals surface area (Å²) in [5.41, 5.74) is 6.20. The van der Waals surface area contributed by atoms with Crippen molar-refractivity contribution < 1.29 is 8.81 Å². The number of nitrogens with two attached hydrogens (primary N) is 1. The van der Waals surface area contributed by atoms with Crippen LogP contribution < -0.4 is 5.73 Å². The standard InChI is InChI=1S/C11H11ClFN3OS/c12-9-5-8(13)2-1-7(9)6-18-11-16-15-10(17-11)3-4-14/h1-2,5H,3-4,6,14H2. The first-order chi connectivity index (χ1) is 8.69.